The Morgan fingerprint density at radius 1 is 1.40 bits per heavy atom. The summed E-state index contributed by atoms with van der Waals surface area (Å²) < 4.78 is 43.7. The maximum absolute atomic E-state index is 12.8. The molecule has 0 radical (unpaired) electrons. The van der Waals surface area contributed by atoms with Gasteiger partial charge in [0.2, 0.25) is 11.8 Å². The number of nitriles is 1. The van der Waals surface area contributed by atoms with Gasteiger partial charge in [0.1, 0.15) is 12.1 Å². The topological polar surface area (TPSA) is 134 Å². The summed E-state index contributed by atoms with van der Waals surface area (Å²) in [6.07, 6.45) is -4.91. The van der Waals surface area contributed by atoms with Gasteiger partial charge in [0, 0.05) is 6.42 Å². The van der Waals surface area contributed by atoms with E-state index in [1.165, 1.54) is 12.1 Å². The molecule has 1 atom stereocenters. The molecular formula is C19H22F3N5O3. The number of carbonyl (C=O) groups excluding carboxylic acids is 1. The monoisotopic (exact) mass is 425 g/mol. The SMILES string of the molecule is C.CCOc1nc(N)nc(N[C@@H](CO)C(=O)Cc2cccc(C(F)(F)F)c2)c1C#N. The zero-order valence-electron chi connectivity index (χ0n) is 15.3. The van der Waals surface area contributed by atoms with Crippen LogP contribution in [-0.4, -0.2) is 40.1 Å². The molecule has 0 fully saturated rings. The number of aliphatic hydroxyl groups is 1. The van der Waals surface area contributed by atoms with Gasteiger partial charge in [-0.3, -0.25) is 4.79 Å². The molecule has 1 aromatic heterocycles. The molecule has 30 heavy (non-hydrogen) atoms. The predicted octanol–water partition coefficient (Wildman–Crippen LogP) is 2.57. The van der Waals surface area contributed by atoms with Crippen LogP contribution < -0.4 is 15.8 Å². The van der Waals surface area contributed by atoms with E-state index in [9.17, 15) is 28.3 Å². The number of halogens is 3. The van der Waals surface area contributed by atoms with Crippen molar-refractivity contribution in [2.24, 2.45) is 0 Å². The van der Waals surface area contributed by atoms with Crippen molar-refractivity contribution >= 4 is 17.5 Å². The highest BCUT2D eigenvalue weighted by atomic mass is 19.4. The van der Waals surface area contributed by atoms with E-state index in [0.717, 1.165) is 12.1 Å². The molecule has 0 aliphatic carbocycles. The zero-order chi connectivity index (χ0) is 21.6. The number of ketones is 1. The Morgan fingerprint density at radius 2 is 2.10 bits per heavy atom. The molecule has 0 amide bonds. The number of nitrogens with zero attached hydrogens (tertiary/aromatic N) is 3. The van der Waals surface area contributed by atoms with Crippen LogP contribution in [0.25, 0.3) is 0 Å². The van der Waals surface area contributed by atoms with Crippen LogP contribution in [0.2, 0.25) is 0 Å². The maximum atomic E-state index is 12.8. The average molecular weight is 425 g/mol. The summed E-state index contributed by atoms with van der Waals surface area (Å²) in [7, 11) is 0. The predicted molar refractivity (Wildman–Crippen MR) is 104 cm³/mol. The highest BCUT2D eigenvalue weighted by Crippen LogP contribution is 2.30. The van der Waals surface area contributed by atoms with Crippen molar-refractivity contribution in [1.29, 1.82) is 5.26 Å². The van der Waals surface area contributed by atoms with E-state index < -0.39 is 30.2 Å². The summed E-state index contributed by atoms with van der Waals surface area (Å²) in [5.41, 5.74) is 4.71. The first-order valence-electron chi connectivity index (χ1n) is 8.46. The minimum absolute atomic E-state index is 0. The number of rotatable bonds is 8. The Hall–Kier alpha value is -3.39. The number of ether oxygens (including phenoxy) is 1. The largest absolute Gasteiger partial charge is 0.477 e. The second-order valence-electron chi connectivity index (χ2n) is 5.88. The van der Waals surface area contributed by atoms with Crippen LogP contribution in [0.15, 0.2) is 24.3 Å². The summed E-state index contributed by atoms with van der Waals surface area (Å²) in [5, 5.41) is 21.5. The molecule has 0 unspecified atom stereocenters. The van der Waals surface area contributed by atoms with E-state index in [-0.39, 0.29) is 49.2 Å². The van der Waals surface area contributed by atoms with E-state index in [0.29, 0.717) is 0 Å². The van der Waals surface area contributed by atoms with E-state index in [1.807, 2.05) is 6.07 Å². The molecule has 0 aliphatic rings. The molecule has 11 heteroatoms. The highest BCUT2D eigenvalue weighted by molar-refractivity contribution is 5.89. The first kappa shape index (κ1) is 24.6. The number of Topliss-reactive ketones (excluding diaryl/α,β-unsaturated/α-hetero) is 1. The number of nitrogens with two attached hydrogens (primary N) is 1. The fourth-order valence-corrected chi connectivity index (χ4v) is 2.48. The van der Waals surface area contributed by atoms with E-state index in [1.54, 1.807) is 6.92 Å². The summed E-state index contributed by atoms with van der Waals surface area (Å²) in [6, 6.07) is 4.93. The summed E-state index contributed by atoms with van der Waals surface area (Å²) in [4.78, 5) is 20.2. The Balaban J connectivity index is 0.00000450. The van der Waals surface area contributed by atoms with Crippen LogP contribution in [-0.2, 0) is 17.4 Å². The third kappa shape index (κ3) is 6.05. The van der Waals surface area contributed by atoms with E-state index >= 15 is 0 Å². The first-order valence-corrected chi connectivity index (χ1v) is 8.46. The van der Waals surface area contributed by atoms with Crippen LogP contribution in [0.1, 0.15) is 31.0 Å². The standard InChI is InChI=1S/C18H18F3N5O3.CH4/c1-2-29-16-12(8-22)15(25-17(23)26-16)24-13(9-27)14(28)7-10-4-3-5-11(6-10)18(19,20)21;/h3-6,13,27H,2,7,9H2,1H3,(H3,23,24,25,26);1H4/t13-;/m0./s1. The van der Waals surface area contributed by atoms with Crippen LogP contribution >= 0.6 is 0 Å². The Morgan fingerprint density at radius 3 is 2.67 bits per heavy atom. The lowest BCUT2D eigenvalue weighted by atomic mass is 10.0. The number of alkyl halides is 3. The minimum Gasteiger partial charge on any atom is -0.477 e. The Labute approximate surface area is 171 Å². The number of anilines is 2. The van der Waals surface area contributed by atoms with Crippen molar-refractivity contribution in [1.82, 2.24) is 9.97 Å². The molecule has 162 valence electrons. The van der Waals surface area contributed by atoms with Crippen LogP contribution in [0.3, 0.4) is 0 Å². The normalized spacial score (nSPS) is 11.7. The molecule has 0 saturated carbocycles. The lowest BCUT2D eigenvalue weighted by Gasteiger charge is -2.18. The number of carbonyl (C=O) groups is 1. The summed E-state index contributed by atoms with van der Waals surface area (Å²) in [6.45, 7) is 1.18. The molecule has 4 N–H and O–H groups in total. The number of hydrogen-bond acceptors (Lipinski definition) is 8. The smallest absolute Gasteiger partial charge is 0.416 e. The lowest BCUT2D eigenvalue weighted by molar-refractivity contribution is -0.137. The van der Waals surface area contributed by atoms with Crippen molar-refractivity contribution in [2.45, 2.75) is 33.0 Å². The van der Waals surface area contributed by atoms with Crippen LogP contribution in [0.5, 0.6) is 5.88 Å². The van der Waals surface area contributed by atoms with Crippen molar-refractivity contribution in [2.75, 3.05) is 24.3 Å². The fraction of sp³-hybridized carbons (Fsp3) is 0.368. The van der Waals surface area contributed by atoms with Crippen molar-refractivity contribution in [3.63, 3.8) is 0 Å². The third-order valence-corrected chi connectivity index (χ3v) is 3.80. The molecular weight excluding hydrogens is 403 g/mol. The van der Waals surface area contributed by atoms with Gasteiger partial charge in [-0.05, 0) is 18.6 Å². The summed E-state index contributed by atoms with van der Waals surface area (Å²) in [5.74, 6) is -1.05. The highest BCUT2D eigenvalue weighted by Gasteiger charge is 2.31. The van der Waals surface area contributed by atoms with Gasteiger partial charge < -0.3 is 20.9 Å². The Kier molecular flexibility index (Phi) is 8.55. The molecule has 0 bridgehead atoms. The third-order valence-electron chi connectivity index (χ3n) is 3.80. The Bertz CT molecular complexity index is 929. The summed E-state index contributed by atoms with van der Waals surface area (Å²) >= 11 is 0. The second kappa shape index (κ2) is 10.4. The van der Waals surface area contributed by atoms with Gasteiger partial charge in [0.05, 0.1) is 18.8 Å². The van der Waals surface area contributed by atoms with Gasteiger partial charge in [-0.2, -0.15) is 28.4 Å². The second-order valence-corrected chi connectivity index (χ2v) is 5.88. The molecule has 0 spiro atoms. The molecule has 1 heterocycles. The van der Waals surface area contributed by atoms with Gasteiger partial charge in [-0.1, -0.05) is 25.6 Å². The van der Waals surface area contributed by atoms with Gasteiger partial charge in [-0.15, -0.1) is 0 Å². The average Bonchev–Trinajstić information content (AvgIpc) is 2.65. The number of aromatic nitrogens is 2. The van der Waals surface area contributed by atoms with Gasteiger partial charge >= 0.3 is 6.18 Å². The fourth-order valence-electron chi connectivity index (χ4n) is 2.48. The number of benzene rings is 1. The zero-order valence-corrected chi connectivity index (χ0v) is 15.3. The maximum Gasteiger partial charge on any atom is 0.416 e. The van der Waals surface area contributed by atoms with Gasteiger partial charge in [-0.25, -0.2) is 0 Å². The van der Waals surface area contributed by atoms with Crippen molar-refractivity contribution < 1.29 is 27.8 Å². The van der Waals surface area contributed by atoms with Crippen molar-refractivity contribution in [3.8, 4) is 11.9 Å². The molecule has 8 nitrogen and oxygen atoms in total. The minimum atomic E-state index is -4.54. The van der Waals surface area contributed by atoms with Crippen molar-refractivity contribution in [3.05, 3.63) is 41.0 Å². The van der Waals surface area contributed by atoms with E-state index in [4.69, 9.17) is 10.5 Å². The lowest BCUT2D eigenvalue weighted by Crippen LogP contribution is -2.35. The number of nitrogens with one attached hydrogen (secondary N) is 1. The van der Waals surface area contributed by atoms with Crippen LogP contribution in [0, 0.1) is 11.3 Å². The first-order chi connectivity index (χ1) is 13.7. The van der Waals surface area contributed by atoms with Gasteiger partial charge in [0.15, 0.2) is 17.2 Å². The molecule has 0 saturated heterocycles. The molecule has 1 aromatic carbocycles. The quantitative estimate of drug-likeness (QED) is 0.587. The number of aliphatic hydroxyl groups excluding tert-OH is 1. The number of nitrogen functional groups attached to an aromatic ring is 1. The van der Waals surface area contributed by atoms with E-state index in [2.05, 4.69) is 15.3 Å². The molecule has 2 aromatic rings. The molecule has 2 rings (SSSR count). The molecule has 0 aliphatic heterocycles. The van der Waals surface area contributed by atoms with Gasteiger partial charge in [0.25, 0.3) is 0 Å². The number of hydrogen-bond donors (Lipinski definition) is 3. The van der Waals surface area contributed by atoms with Crippen LogP contribution in [0.4, 0.5) is 24.9 Å².